The molecule has 1 aliphatic carbocycles. The van der Waals surface area contributed by atoms with Gasteiger partial charge in [0.1, 0.15) is 0 Å². The van der Waals surface area contributed by atoms with Gasteiger partial charge in [-0.1, -0.05) is 26.2 Å². The maximum Gasteiger partial charge on any atom is 0.0319 e. The molecule has 4 nitrogen and oxygen atoms in total. The smallest absolute Gasteiger partial charge is 0.0319 e. The molecule has 0 atom stereocenters. The van der Waals surface area contributed by atoms with Gasteiger partial charge in [-0.05, 0) is 18.9 Å². The fourth-order valence-corrected chi connectivity index (χ4v) is 1.55. The van der Waals surface area contributed by atoms with Crippen molar-refractivity contribution in [1.82, 2.24) is 5.32 Å². The molecule has 0 bridgehead atoms. The number of hydrogen-bond acceptors (Lipinski definition) is 4. The molecule has 4 N–H and O–H groups in total. The van der Waals surface area contributed by atoms with Gasteiger partial charge in [-0.25, -0.2) is 0 Å². The summed E-state index contributed by atoms with van der Waals surface area (Å²) in [6.07, 6.45) is 8.22. The third kappa shape index (κ3) is 22.2. The van der Waals surface area contributed by atoms with Crippen LogP contribution < -0.4 is 5.32 Å². The van der Waals surface area contributed by atoms with Gasteiger partial charge >= 0.3 is 0 Å². The van der Waals surface area contributed by atoms with Crippen LogP contribution in [0.4, 0.5) is 0 Å². The summed E-state index contributed by atoms with van der Waals surface area (Å²) in [5, 5.41) is 24.4. The van der Waals surface area contributed by atoms with E-state index in [9.17, 15) is 0 Å². The molecule has 0 radical (unpaired) electrons. The Balaban J connectivity index is -0.000000106. The van der Waals surface area contributed by atoms with Crippen LogP contribution in [0, 0.1) is 6.54 Å². The minimum absolute atomic E-state index is 0. The van der Waals surface area contributed by atoms with E-state index in [1.807, 2.05) is 0 Å². The molecule has 0 aromatic carbocycles. The molecule has 0 aliphatic heterocycles. The van der Waals surface area contributed by atoms with Gasteiger partial charge in [0.05, 0.1) is 0 Å². The van der Waals surface area contributed by atoms with Gasteiger partial charge in [-0.2, -0.15) is 6.42 Å². The van der Waals surface area contributed by atoms with Crippen molar-refractivity contribution in [3.8, 4) is 0 Å². The van der Waals surface area contributed by atoms with E-state index in [1.165, 1.54) is 32.1 Å². The third-order valence-electron chi connectivity index (χ3n) is 2.16. The molecule has 106 valence electrons. The average Bonchev–Trinajstić information content (AvgIpc) is 2.44. The standard InChI is InChI=1S/C9H18N.3CH4O.Ti/c1-2-8-10-9-6-4-3-5-7-9;3*1-2;/h8-10H,2-7H2,1H3;3*2H,1H3;/q-1;;;;. The van der Waals surface area contributed by atoms with Crippen molar-refractivity contribution in [3.63, 3.8) is 0 Å². The zero-order chi connectivity index (χ0) is 13.2. The molecule has 0 aromatic rings. The summed E-state index contributed by atoms with van der Waals surface area (Å²) in [5.41, 5.74) is 0. The van der Waals surface area contributed by atoms with Crippen molar-refractivity contribution < 1.29 is 37.0 Å². The van der Waals surface area contributed by atoms with Crippen LogP contribution in [0.15, 0.2) is 0 Å². The molecule has 1 saturated carbocycles. The van der Waals surface area contributed by atoms with Gasteiger partial charge in [0.2, 0.25) is 0 Å². The van der Waals surface area contributed by atoms with E-state index < -0.39 is 0 Å². The van der Waals surface area contributed by atoms with Crippen LogP contribution in [-0.2, 0) is 21.7 Å². The van der Waals surface area contributed by atoms with Gasteiger partial charge < -0.3 is 20.6 Å². The maximum atomic E-state index is 7.00. The Bertz CT molecular complexity index is 91.8. The van der Waals surface area contributed by atoms with Crippen LogP contribution in [0.3, 0.4) is 0 Å². The number of nitrogens with one attached hydrogen (secondary N) is 1. The summed E-state index contributed by atoms with van der Waals surface area (Å²) < 4.78 is 0. The zero-order valence-corrected chi connectivity index (χ0v) is 13.3. The first-order valence-electron chi connectivity index (χ1n) is 5.85. The van der Waals surface area contributed by atoms with Crippen LogP contribution in [0.1, 0.15) is 45.4 Å². The van der Waals surface area contributed by atoms with Crippen molar-refractivity contribution in [2.45, 2.75) is 51.5 Å². The summed E-state index contributed by atoms with van der Waals surface area (Å²) in [6.45, 7) is 4.37. The van der Waals surface area contributed by atoms with Gasteiger partial charge in [0.15, 0.2) is 0 Å². The monoisotopic (exact) mass is 284 g/mol. The second kappa shape index (κ2) is 30.0. The molecular formula is C12H30NO3Ti-. The Hall–Kier alpha value is 0.554. The molecule has 0 aromatic heterocycles. The summed E-state index contributed by atoms with van der Waals surface area (Å²) in [7, 11) is 3.00. The normalized spacial score (nSPS) is 13.6. The van der Waals surface area contributed by atoms with Crippen LogP contribution >= 0.6 is 0 Å². The van der Waals surface area contributed by atoms with E-state index in [1.54, 1.807) is 0 Å². The average molecular weight is 284 g/mol. The van der Waals surface area contributed by atoms with E-state index >= 15 is 0 Å². The van der Waals surface area contributed by atoms with Crippen molar-refractivity contribution in [1.29, 1.82) is 0 Å². The van der Waals surface area contributed by atoms with Crippen molar-refractivity contribution in [2.75, 3.05) is 21.3 Å². The van der Waals surface area contributed by atoms with Crippen LogP contribution in [0.2, 0.25) is 0 Å². The Kier molecular flexibility index (Phi) is 46.2. The number of hydrogen-bond donors (Lipinski definition) is 4. The first kappa shape index (κ1) is 26.2. The molecule has 1 fully saturated rings. The summed E-state index contributed by atoms with van der Waals surface area (Å²) in [6, 6.07) is 0.800. The maximum absolute atomic E-state index is 7.00. The largest absolute Gasteiger partial charge is 0.467 e. The molecule has 0 unspecified atom stereocenters. The Labute approximate surface area is 122 Å². The Morgan fingerprint density at radius 3 is 1.71 bits per heavy atom. The van der Waals surface area contributed by atoms with E-state index in [0.717, 1.165) is 33.8 Å². The second-order valence-electron chi connectivity index (χ2n) is 3.11. The van der Waals surface area contributed by atoms with Gasteiger partial charge in [0.25, 0.3) is 0 Å². The summed E-state index contributed by atoms with van der Waals surface area (Å²) >= 11 is 0. The third-order valence-corrected chi connectivity index (χ3v) is 2.16. The molecule has 0 saturated heterocycles. The van der Waals surface area contributed by atoms with E-state index in [2.05, 4.69) is 18.8 Å². The SMILES string of the molecule is CC[CH-]NC1CCCCC1.CO.CO.CO.[Ti]. The predicted octanol–water partition coefficient (Wildman–Crippen LogP) is 1.30. The predicted molar refractivity (Wildman–Crippen MR) is 69.0 cm³/mol. The molecule has 1 rings (SSSR count). The van der Waals surface area contributed by atoms with Gasteiger partial charge in [0, 0.05) is 43.0 Å². The van der Waals surface area contributed by atoms with E-state index in [-0.39, 0.29) is 21.7 Å². The number of aliphatic hydroxyl groups excluding tert-OH is 3. The molecule has 1 aliphatic rings. The van der Waals surface area contributed by atoms with Crippen molar-refractivity contribution in [2.24, 2.45) is 0 Å². The second-order valence-corrected chi connectivity index (χ2v) is 3.11. The molecule has 17 heavy (non-hydrogen) atoms. The first-order valence-corrected chi connectivity index (χ1v) is 5.85. The van der Waals surface area contributed by atoms with Crippen LogP contribution in [0.25, 0.3) is 0 Å². The van der Waals surface area contributed by atoms with E-state index in [0.29, 0.717) is 0 Å². The van der Waals surface area contributed by atoms with Gasteiger partial charge in [-0.3, -0.25) is 6.54 Å². The number of rotatable bonds is 3. The molecule has 0 amide bonds. The Morgan fingerprint density at radius 1 is 0.941 bits per heavy atom. The molecule has 0 heterocycles. The summed E-state index contributed by atoms with van der Waals surface area (Å²) in [4.78, 5) is 0. The molecule has 5 heteroatoms. The molecular weight excluding hydrogens is 254 g/mol. The number of aliphatic hydroxyl groups is 3. The van der Waals surface area contributed by atoms with Crippen LogP contribution in [-0.4, -0.2) is 42.7 Å². The fourth-order valence-electron chi connectivity index (χ4n) is 1.55. The topological polar surface area (TPSA) is 72.7 Å². The first-order chi connectivity index (χ1) is 7.93. The zero-order valence-electron chi connectivity index (χ0n) is 11.7. The van der Waals surface area contributed by atoms with Crippen molar-refractivity contribution >= 4 is 0 Å². The van der Waals surface area contributed by atoms with Gasteiger partial charge in [-0.15, -0.1) is 0 Å². The fraction of sp³-hybridized carbons (Fsp3) is 0.917. The Morgan fingerprint density at radius 2 is 1.35 bits per heavy atom. The van der Waals surface area contributed by atoms with Crippen molar-refractivity contribution in [3.05, 3.63) is 6.54 Å². The summed E-state index contributed by atoms with van der Waals surface area (Å²) in [5.74, 6) is 0. The van der Waals surface area contributed by atoms with Crippen LogP contribution in [0.5, 0.6) is 0 Å². The quantitative estimate of drug-likeness (QED) is 0.466. The van der Waals surface area contributed by atoms with E-state index in [4.69, 9.17) is 15.3 Å². The minimum Gasteiger partial charge on any atom is -0.467 e. The molecule has 0 spiro atoms. The minimum atomic E-state index is 0.